The van der Waals surface area contributed by atoms with Gasteiger partial charge in [0.15, 0.2) is 0 Å². The second-order valence-electron chi connectivity index (χ2n) is 6.09. The number of aryl methyl sites for hydroxylation is 1. The molecule has 1 N–H and O–H groups in total. The zero-order valence-electron chi connectivity index (χ0n) is 14.1. The fourth-order valence-corrected chi connectivity index (χ4v) is 3.60. The van der Waals surface area contributed by atoms with E-state index >= 15 is 0 Å². The van der Waals surface area contributed by atoms with Crippen molar-refractivity contribution in [2.24, 2.45) is 0 Å². The number of nitrogens with one attached hydrogen (secondary N) is 1. The molecule has 0 saturated heterocycles. The Kier molecular flexibility index (Phi) is 5.87. The highest BCUT2D eigenvalue weighted by molar-refractivity contribution is 14.1. The lowest BCUT2D eigenvalue weighted by atomic mass is 9.88. The Morgan fingerprint density at radius 2 is 1.48 bits per heavy atom. The molecule has 3 aromatic rings. The molecule has 0 spiro atoms. The summed E-state index contributed by atoms with van der Waals surface area (Å²) in [7, 11) is 0. The Morgan fingerprint density at radius 3 is 2.00 bits per heavy atom. The molecule has 0 radical (unpaired) electrons. The predicted octanol–water partition coefficient (Wildman–Crippen LogP) is 5.76. The molecule has 3 aromatic carbocycles. The summed E-state index contributed by atoms with van der Waals surface area (Å²) in [6, 6.07) is 26.5. The van der Waals surface area contributed by atoms with Gasteiger partial charge in [0.05, 0.1) is 0 Å². The van der Waals surface area contributed by atoms with E-state index in [0.717, 1.165) is 22.4 Å². The third-order valence-corrected chi connectivity index (χ3v) is 4.93. The van der Waals surface area contributed by atoms with Gasteiger partial charge in [-0.1, -0.05) is 60.7 Å². The van der Waals surface area contributed by atoms with Gasteiger partial charge in [0.2, 0.25) is 5.91 Å². The molecule has 3 rings (SSSR count). The first kappa shape index (κ1) is 17.7. The van der Waals surface area contributed by atoms with Crippen LogP contribution in [0.3, 0.4) is 0 Å². The van der Waals surface area contributed by atoms with Crippen LogP contribution in [0.1, 0.15) is 29.0 Å². The van der Waals surface area contributed by atoms with Crippen molar-refractivity contribution in [1.29, 1.82) is 0 Å². The van der Waals surface area contributed by atoms with Crippen LogP contribution < -0.4 is 5.32 Å². The molecule has 0 aliphatic rings. The van der Waals surface area contributed by atoms with E-state index in [4.69, 9.17) is 0 Å². The van der Waals surface area contributed by atoms with Gasteiger partial charge in [-0.05, 0) is 64.4 Å². The highest BCUT2D eigenvalue weighted by Crippen LogP contribution is 2.28. The number of hydrogen-bond donors (Lipinski definition) is 1. The van der Waals surface area contributed by atoms with Crippen LogP contribution in [0, 0.1) is 10.5 Å². The molecule has 1 amide bonds. The molecule has 0 unspecified atom stereocenters. The number of amides is 1. The second-order valence-corrected chi connectivity index (χ2v) is 7.33. The Labute approximate surface area is 162 Å². The van der Waals surface area contributed by atoms with Crippen molar-refractivity contribution in [2.45, 2.75) is 19.3 Å². The number of hydrogen-bond acceptors (Lipinski definition) is 1. The molecule has 0 saturated carbocycles. The van der Waals surface area contributed by atoms with Gasteiger partial charge in [0.25, 0.3) is 0 Å². The fourth-order valence-electron chi connectivity index (χ4n) is 2.95. The Morgan fingerprint density at radius 1 is 0.920 bits per heavy atom. The first-order valence-electron chi connectivity index (χ1n) is 8.29. The minimum absolute atomic E-state index is 0.0296. The van der Waals surface area contributed by atoms with Crippen molar-refractivity contribution in [1.82, 2.24) is 0 Å². The van der Waals surface area contributed by atoms with Crippen molar-refractivity contribution >= 4 is 34.2 Å². The minimum Gasteiger partial charge on any atom is -0.326 e. The van der Waals surface area contributed by atoms with Crippen LogP contribution in [0.15, 0.2) is 78.9 Å². The number of carbonyl (C=O) groups is 1. The van der Waals surface area contributed by atoms with E-state index in [2.05, 4.69) is 58.2 Å². The molecule has 3 heteroatoms. The van der Waals surface area contributed by atoms with E-state index in [0.29, 0.717) is 6.42 Å². The van der Waals surface area contributed by atoms with Crippen LogP contribution in [0.4, 0.5) is 5.69 Å². The van der Waals surface area contributed by atoms with Crippen LogP contribution in [0.2, 0.25) is 0 Å². The second kappa shape index (κ2) is 8.30. The summed E-state index contributed by atoms with van der Waals surface area (Å²) in [6.45, 7) is 2.02. The molecule has 0 aromatic heterocycles. The van der Waals surface area contributed by atoms with Gasteiger partial charge in [-0.2, -0.15) is 0 Å². The maximum Gasteiger partial charge on any atom is 0.225 e. The van der Waals surface area contributed by atoms with Gasteiger partial charge < -0.3 is 5.32 Å². The standard InChI is InChI=1S/C22H20INO/c1-16-14-19(23)12-13-21(16)24-22(25)15-20(17-8-4-2-5-9-17)18-10-6-3-7-11-18/h2-14,20H,15H2,1H3,(H,24,25). The molecule has 2 nitrogen and oxygen atoms in total. The SMILES string of the molecule is Cc1cc(I)ccc1NC(=O)CC(c1ccccc1)c1ccccc1. The normalized spacial score (nSPS) is 10.7. The molecule has 0 bridgehead atoms. The summed E-state index contributed by atoms with van der Waals surface area (Å²) in [6.07, 6.45) is 0.416. The van der Waals surface area contributed by atoms with Crippen LogP contribution in [-0.4, -0.2) is 5.91 Å². The van der Waals surface area contributed by atoms with Crippen LogP contribution in [0.25, 0.3) is 0 Å². The van der Waals surface area contributed by atoms with E-state index in [1.165, 1.54) is 3.57 Å². The quantitative estimate of drug-likeness (QED) is 0.502. The number of rotatable bonds is 5. The Hall–Kier alpha value is -2.14. The molecule has 0 aliphatic heterocycles. The van der Waals surface area contributed by atoms with Crippen LogP contribution in [-0.2, 0) is 4.79 Å². The van der Waals surface area contributed by atoms with E-state index in [9.17, 15) is 4.79 Å². The summed E-state index contributed by atoms with van der Waals surface area (Å²) in [5, 5.41) is 3.07. The van der Waals surface area contributed by atoms with E-state index < -0.39 is 0 Å². The average molecular weight is 441 g/mol. The highest BCUT2D eigenvalue weighted by atomic mass is 127. The van der Waals surface area contributed by atoms with Gasteiger partial charge in [0, 0.05) is 21.6 Å². The van der Waals surface area contributed by atoms with E-state index in [1.54, 1.807) is 0 Å². The van der Waals surface area contributed by atoms with Gasteiger partial charge >= 0.3 is 0 Å². The van der Waals surface area contributed by atoms with E-state index in [-0.39, 0.29) is 11.8 Å². The topological polar surface area (TPSA) is 29.1 Å². The largest absolute Gasteiger partial charge is 0.326 e. The molecule has 126 valence electrons. The van der Waals surface area contributed by atoms with Crippen LogP contribution >= 0.6 is 22.6 Å². The zero-order chi connectivity index (χ0) is 17.6. The molecule has 0 aliphatic carbocycles. The summed E-state index contributed by atoms with van der Waals surface area (Å²) in [5.74, 6) is 0.0774. The number of carbonyl (C=O) groups excluding carboxylic acids is 1. The number of benzene rings is 3. The van der Waals surface area contributed by atoms with Crippen molar-refractivity contribution < 1.29 is 4.79 Å². The first-order valence-corrected chi connectivity index (χ1v) is 9.37. The number of anilines is 1. The third kappa shape index (κ3) is 4.69. The van der Waals surface area contributed by atoms with Gasteiger partial charge in [-0.25, -0.2) is 0 Å². The van der Waals surface area contributed by atoms with E-state index in [1.807, 2.05) is 55.5 Å². The van der Waals surface area contributed by atoms with Crippen molar-refractivity contribution in [3.05, 3.63) is 99.1 Å². The summed E-state index contributed by atoms with van der Waals surface area (Å²) in [4.78, 5) is 12.7. The number of halogens is 1. The summed E-state index contributed by atoms with van der Waals surface area (Å²) >= 11 is 2.28. The van der Waals surface area contributed by atoms with Gasteiger partial charge in [0.1, 0.15) is 0 Å². The fraction of sp³-hybridized carbons (Fsp3) is 0.136. The Balaban J connectivity index is 1.82. The smallest absolute Gasteiger partial charge is 0.225 e. The maximum absolute atomic E-state index is 12.7. The molecule has 0 fully saturated rings. The van der Waals surface area contributed by atoms with Crippen molar-refractivity contribution in [2.75, 3.05) is 5.32 Å². The molecule has 25 heavy (non-hydrogen) atoms. The lowest BCUT2D eigenvalue weighted by Gasteiger charge is -2.18. The highest BCUT2D eigenvalue weighted by Gasteiger charge is 2.18. The first-order chi connectivity index (χ1) is 12.1. The predicted molar refractivity (Wildman–Crippen MR) is 112 cm³/mol. The Bertz CT molecular complexity index is 807. The van der Waals surface area contributed by atoms with Crippen molar-refractivity contribution in [3.8, 4) is 0 Å². The minimum atomic E-state index is 0.0296. The molecule has 0 heterocycles. The lowest BCUT2D eigenvalue weighted by Crippen LogP contribution is -2.17. The van der Waals surface area contributed by atoms with Gasteiger partial charge in [-0.15, -0.1) is 0 Å². The van der Waals surface area contributed by atoms with Gasteiger partial charge in [-0.3, -0.25) is 4.79 Å². The summed E-state index contributed by atoms with van der Waals surface area (Å²) in [5.41, 5.74) is 4.27. The molecular formula is C22H20INO. The molecule has 0 atom stereocenters. The average Bonchev–Trinajstić information content (AvgIpc) is 2.63. The summed E-state index contributed by atoms with van der Waals surface area (Å²) < 4.78 is 1.17. The molecular weight excluding hydrogens is 421 g/mol. The third-order valence-electron chi connectivity index (χ3n) is 4.26. The lowest BCUT2D eigenvalue weighted by molar-refractivity contribution is -0.116. The monoisotopic (exact) mass is 441 g/mol. The maximum atomic E-state index is 12.7. The zero-order valence-corrected chi connectivity index (χ0v) is 16.2. The van der Waals surface area contributed by atoms with Crippen molar-refractivity contribution in [3.63, 3.8) is 0 Å². The van der Waals surface area contributed by atoms with Crippen LogP contribution in [0.5, 0.6) is 0 Å².